The molecule has 1 saturated heterocycles. The van der Waals surface area contributed by atoms with Crippen molar-refractivity contribution in [3.05, 3.63) is 45.0 Å². The number of hydrogen-bond donors (Lipinski definition) is 2. The largest absolute Gasteiger partial charge is 0.341 e. The number of H-pyrrole nitrogens is 2. The van der Waals surface area contributed by atoms with Crippen LogP contribution >= 0.6 is 15.9 Å². The number of nitrogens with zero attached hydrogens (tertiary/aromatic N) is 5. The highest BCUT2D eigenvalue weighted by atomic mass is 79.9. The van der Waals surface area contributed by atoms with Crippen LogP contribution in [0.15, 0.2) is 33.7 Å². The highest BCUT2D eigenvalue weighted by molar-refractivity contribution is 9.10. The highest BCUT2D eigenvalue weighted by Gasteiger charge is 2.33. The second-order valence-electron chi connectivity index (χ2n) is 8.24. The number of benzene rings is 1. The summed E-state index contributed by atoms with van der Waals surface area (Å²) < 4.78 is 2.83. The molecule has 4 heterocycles. The van der Waals surface area contributed by atoms with Gasteiger partial charge in [0.15, 0.2) is 5.65 Å². The van der Waals surface area contributed by atoms with Gasteiger partial charge in [-0.2, -0.15) is 5.10 Å². The van der Waals surface area contributed by atoms with Crippen molar-refractivity contribution >= 4 is 43.9 Å². The molecule has 0 saturated carbocycles. The summed E-state index contributed by atoms with van der Waals surface area (Å²) in [6.07, 6.45) is 1.59. The summed E-state index contributed by atoms with van der Waals surface area (Å²) in [5, 5.41) is 4.90. The Morgan fingerprint density at radius 1 is 1.18 bits per heavy atom. The summed E-state index contributed by atoms with van der Waals surface area (Å²) in [5.74, 6) is 1.70. The smallest absolute Gasteiger partial charge is 0.262 e. The Labute approximate surface area is 169 Å². The molecule has 0 bridgehead atoms. The molecule has 28 heavy (non-hydrogen) atoms. The molecule has 0 radical (unpaired) electrons. The van der Waals surface area contributed by atoms with Gasteiger partial charge in [0.2, 0.25) is 5.95 Å². The molecule has 2 N–H and O–H groups in total. The molecule has 1 fully saturated rings. The first-order valence-electron chi connectivity index (χ1n) is 9.18. The molecule has 4 aromatic rings. The van der Waals surface area contributed by atoms with E-state index < -0.39 is 0 Å². The summed E-state index contributed by atoms with van der Waals surface area (Å²) in [6.45, 7) is 7.64. The molecule has 0 atom stereocenters. The zero-order valence-electron chi connectivity index (χ0n) is 15.8. The van der Waals surface area contributed by atoms with E-state index in [1.54, 1.807) is 6.20 Å². The predicted molar refractivity (Wildman–Crippen MR) is 112 cm³/mol. The number of aromatic amines is 2. The molecule has 8 nitrogen and oxygen atoms in total. The maximum Gasteiger partial charge on any atom is 0.262 e. The fraction of sp³-hybridized carbons (Fsp3) is 0.368. The first kappa shape index (κ1) is 17.4. The summed E-state index contributed by atoms with van der Waals surface area (Å²) in [4.78, 5) is 30.4. The van der Waals surface area contributed by atoms with E-state index in [1.807, 2.05) is 43.7 Å². The van der Waals surface area contributed by atoms with Gasteiger partial charge < -0.3 is 14.9 Å². The predicted octanol–water partition coefficient (Wildman–Crippen LogP) is 3.12. The van der Waals surface area contributed by atoms with Gasteiger partial charge in [-0.3, -0.25) is 4.79 Å². The van der Waals surface area contributed by atoms with Gasteiger partial charge in [0.1, 0.15) is 11.2 Å². The number of fused-ring (bicyclic) bond motifs is 2. The molecule has 9 heteroatoms. The number of hydrogen-bond acceptors (Lipinski definition) is 5. The van der Waals surface area contributed by atoms with Crippen LogP contribution in [-0.2, 0) is 5.54 Å². The van der Waals surface area contributed by atoms with Crippen LogP contribution in [-0.4, -0.2) is 42.8 Å². The van der Waals surface area contributed by atoms with Crippen molar-refractivity contribution in [2.24, 2.45) is 0 Å². The van der Waals surface area contributed by atoms with E-state index in [2.05, 4.69) is 40.9 Å². The lowest BCUT2D eigenvalue weighted by atomic mass is 10.00. The summed E-state index contributed by atoms with van der Waals surface area (Å²) in [6, 6.07) is 5.98. The minimum absolute atomic E-state index is 0.137. The standard InChI is InChI=1S/C19H20BrN7O/c1-19(2,3)27-16-12(7-21-27)17(28)25-15(24-16)10-8-26(9-10)18-22-13-5-4-11(20)6-14(13)23-18/h4-7,10H,8-9H2,1-3H3,(H,22,23)(H,24,25,28). The number of rotatable bonds is 2. The van der Waals surface area contributed by atoms with E-state index in [0.717, 1.165) is 34.5 Å². The van der Waals surface area contributed by atoms with Crippen LogP contribution in [0.2, 0.25) is 0 Å². The van der Waals surface area contributed by atoms with E-state index in [9.17, 15) is 4.79 Å². The van der Waals surface area contributed by atoms with Crippen LogP contribution in [0.25, 0.3) is 22.1 Å². The van der Waals surface area contributed by atoms with Crippen LogP contribution in [0.3, 0.4) is 0 Å². The molecular weight excluding hydrogens is 422 g/mol. The highest BCUT2D eigenvalue weighted by Crippen LogP contribution is 2.30. The fourth-order valence-corrected chi connectivity index (χ4v) is 3.92. The van der Waals surface area contributed by atoms with Gasteiger partial charge in [-0.05, 0) is 39.0 Å². The molecule has 0 spiro atoms. The average molecular weight is 442 g/mol. The van der Waals surface area contributed by atoms with Crippen molar-refractivity contribution in [2.45, 2.75) is 32.2 Å². The Kier molecular flexibility index (Phi) is 3.67. The number of nitrogens with one attached hydrogen (secondary N) is 2. The van der Waals surface area contributed by atoms with Gasteiger partial charge in [0.05, 0.1) is 28.7 Å². The Morgan fingerprint density at radius 2 is 1.96 bits per heavy atom. The van der Waals surface area contributed by atoms with Crippen LogP contribution < -0.4 is 10.5 Å². The normalized spacial score (nSPS) is 15.5. The fourth-order valence-electron chi connectivity index (χ4n) is 3.56. The van der Waals surface area contributed by atoms with Crippen LogP contribution in [0, 0.1) is 0 Å². The lowest BCUT2D eigenvalue weighted by Crippen LogP contribution is -2.46. The van der Waals surface area contributed by atoms with Crippen LogP contribution in [0.5, 0.6) is 0 Å². The van der Waals surface area contributed by atoms with Gasteiger partial charge in [0.25, 0.3) is 5.56 Å². The van der Waals surface area contributed by atoms with E-state index in [0.29, 0.717) is 16.9 Å². The van der Waals surface area contributed by atoms with E-state index in [1.165, 1.54) is 0 Å². The molecule has 0 unspecified atom stereocenters. The first-order chi connectivity index (χ1) is 13.3. The number of halogens is 1. The molecule has 144 valence electrons. The van der Waals surface area contributed by atoms with E-state index >= 15 is 0 Å². The summed E-state index contributed by atoms with van der Waals surface area (Å²) in [7, 11) is 0. The topological polar surface area (TPSA) is 95.5 Å². The number of anilines is 1. The van der Waals surface area contributed by atoms with Crippen molar-refractivity contribution in [3.63, 3.8) is 0 Å². The Hall–Kier alpha value is -2.68. The number of aromatic nitrogens is 6. The maximum atomic E-state index is 12.5. The zero-order valence-corrected chi connectivity index (χ0v) is 17.4. The van der Waals surface area contributed by atoms with Crippen LogP contribution in [0.4, 0.5) is 5.95 Å². The minimum Gasteiger partial charge on any atom is -0.341 e. The lowest BCUT2D eigenvalue weighted by Gasteiger charge is -2.38. The van der Waals surface area contributed by atoms with Crippen LogP contribution in [0.1, 0.15) is 32.5 Å². The quantitative estimate of drug-likeness (QED) is 0.498. The Bertz CT molecular complexity index is 1260. The molecule has 3 aromatic heterocycles. The molecular formula is C19H20BrN7O. The molecule has 5 rings (SSSR count). The number of imidazole rings is 1. The van der Waals surface area contributed by atoms with E-state index in [-0.39, 0.29) is 17.0 Å². The van der Waals surface area contributed by atoms with Crippen molar-refractivity contribution in [2.75, 3.05) is 18.0 Å². The third kappa shape index (κ3) is 2.72. The molecule has 1 aromatic carbocycles. The van der Waals surface area contributed by atoms with Crippen molar-refractivity contribution < 1.29 is 0 Å². The minimum atomic E-state index is -0.242. The Morgan fingerprint density at radius 3 is 2.71 bits per heavy atom. The van der Waals surface area contributed by atoms with Gasteiger partial charge in [-0.25, -0.2) is 14.6 Å². The SMILES string of the molecule is CC(C)(C)n1ncc2c(=O)[nH]c(C3CN(c4nc5ccc(Br)cc5[nH]4)C3)nc21. The van der Waals surface area contributed by atoms with Crippen molar-refractivity contribution in [3.8, 4) is 0 Å². The van der Waals surface area contributed by atoms with Gasteiger partial charge >= 0.3 is 0 Å². The average Bonchev–Trinajstić information content (AvgIpc) is 3.16. The van der Waals surface area contributed by atoms with Crippen molar-refractivity contribution in [1.82, 2.24) is 29.7 Å². The molecule has 0 aliphatic carbocycles. The van der Waals surface area contributed by atoms with Gasteiger partial charge in [-0.15, -0.1) is 0 Å². The lowest BCUT2D eigenvalue weighted by molar-refractivity contribution is 0.365. The second kappa shape index (κ2) is 5.91. The third-order valence-electron chi connectivity index (χ3n) is 5.09. The summed E-state index contributed by atoms with van der Waals surface area (Å²) >= 11 is 3.48. The zero-order chi connectivity index (χ0) is 19.6. The Balaban J connectivity index is 1.43. The summed E-state index contributed by atoms with van der Waals surface area (Å²) in [5.41, 5.74) is 2.19. The first-order valence-corrected chi connectivity index (χ1v) is 9.97. The van der Waals surface area contributed by atoms with Gasteiger partial charge in [0, 0.05) is 17.6 Å². The molecule has 1 aliphatic rings. The molecule has 0 amide bonds. The van der Waals surface area contributed by atoms with Crippen molar-refractivity contribution in [1.29, 1.82) is 0 Å². The molecule has 1 aliphatic heterocycles. The monoisotopic (exact) mass is 441 g/mol. The third-order valence-corrected chi connectivity index (χ3v) is 5.58. The second-order valence-corrected chi connectivity index (χ2v) is 9.16. The maximum absolute atomic E-state index is 12.5. The van der Waals surface area contributed by atoms with Gasteiger partial charge in [-0.1, -0.05) is 15.9 Å². The van der Waals surface area contributed by atoms with E-state index in [4.69, 9.17) is 4.98 Å².